The fourth-order valence-electron chi connectivity index (χ4n) is 8.05. The van der Waals surface area contributed by atoms with Crippen molar-refractivity contribution in [2.24, 2.45) is 47.0 Å². The van der Waals surface area contributed by atoms with Gasteiger partial charge in [-0.2, -0.15) is 11.8 Å². The van der Waals surface area contributed by atoms with E-state index in [1.165, 1.54) is 11.8 Å². The van der Waals surface area contributed by atoms with Crippen molar-refractivity contribution < 1.29 is 72.1 Å². The summed E-state index contributed by atoms with van der Waals surface area (Å²) in [6, 6.07) is 1.91. The number of amides is 6. The first-order valence-electron chi connectivity index (χ1n) is 25.1. The number of ether oxygens (including phenoxy) is 3. The van der Waals surface area contributed by atoms with E-state index in [0.717, 1.165) is 0 Å². The molecule has 1 fully saturated rings. The molecular formula is C51H79N7O15S. The van der Waals surface area contributed by atoms with Gasteiger partial charge in [0.05, 0.1) is 62.6 Å². The zero-order chi connectivity index (χ0) is 55.5. The van der Waals surface area contributed by atoms with Crippen LogP contribution in [0.15, 0.2) is 30.3 Å². The van der Waals surface area contributed by atoms with Gasteiger partial charge in [0, 0.05) is 43.9 Å². The normalized spacial score (nSPS) is 20.8. The summed E-state index contributed by atoms with van der Waals surface area (Å²) >= 11 is 1.45. The Morgan fingerprint density at radius 1 is 0.797 bits per heavy atom. The van der Waals surface area contributed by atoms with Crippen molar-refractivity contribution in [3.8, 4) is 0 Å². The molecule has 1 aromatic rings. The van der Waals surface area contributed by atoms with E-state index < -0.39 is 139 Å². The average Bonchev–Trinajstić information content (AvgIpc) is 3.33. The fourth-order valence-corrected chi connectivity index (χ4v) is 8.56. The average molecular weight is 1060 g/mol. The molecule has 2 rings (SSSR count). The molecule has 1 aliphatic rings. The minimum Gasteiger partial charge on any atom is -0.481 e. The number of ketones is 3. The summed E-state index contributed by atoms with van der Waals surface area (Å²) in [6.45, 7) is 10.1. The van der Waals surface area contributed by atoms with Crippen LogP contribution in [0.5, 0.6) is 0 Å². The lowest BCUT2D eigenvalue weighted by Gasteiger charge is -2.28. The highest BCUT2D eigenvalue weighted by atomic mass is 32.2. The number of hydrogen-bond donors (Lipinski definition) is 8. The van der Waals surface area contributed by atoms with E-state index in [4.69, 9.17) is 25.7 Å². The van der Waals surface area contributed by atoms with Gasteiger partial charge in [0.25, 0.3) is 0 Å². The van der Waals surface area contributed by atoms with Crippen molar-refractivity contribution in [2.75, 3.05) is 51.6 Å². The molecule has 23 heteroatoms. The molecule has 0 bridgehead atoms. The number of carbonyl (C=O) groups excluding carboxylic acids is 10. The number of esters is 1. The van der Waals surface area contributed by atoms with Gasteiger partial charge in [-0.3, -0.25) is 52.7 Å². The van der Waals surface area contributed by atoms with E-state index in [2.05, 4.69) is 26.6 Å². The maximum absolute atomic E-state index is 14.2. The summed E-state index contributed by atoms with van der Waals surface area (Å²) < 4.78 is 16.5. The Hall–Kier alpha value is -5.78. The molecule has 10 N–H and O–H groups in total. The van der Waals surface area contributed by atoms with Crippen LogP contribution in [-0.2, 0) is 73.4 Å². The number of nitrogens with two attached hydrogens (primary N) is 2. The predicted molar refractivity (Wildman–Crippen MR) is 274 cm³/mol. The molecule has 0 radical (unpaired) electrons. The van der Waals surface area contributed by atoms with E-state index in [0.29, 0.717) is 17.7 Å². The molecule has 1 aliphatic heterocycles. The third kappa shape index (κ3) is 24.5. The largest absolute Gasteiger partial charge is 0.481 e. The predicted octanol–water partition coefficient (Wildman–Crippen LogP) is 0.779. The number of hydrogen-bond acceptors (Lipinski definition) is 16. The highest BCUT2D eigenvalue weighted by Gasteiger charge is 2.38. The first-order valence-corrected chi connectivity index (χ1v) is 26.5. The third-order valence-corrected chi connectivity index (χ3v) is 12.9. The van der Waals surface area contributed by atoms with Gasteiger partial charge in [-0.1, -0.05) is 78.3 Å². The molecule has 1 aromatic carbocycles. The zero-order valence-electron chi connectivity index (χ0n) is 43.8. The monoisotopic (exact) mass is 1060 g/mol. The molecule has 414 valence electrons. The number of nitrogens with one attached hydrogen (secondary N) is 5. The fraction of sp³-hybridized carbons (Fsp3) is 0.667. The van der Waals surface area contributed by atoms with Gasteiger partial charge in [0.1, 0.15) is 25.3 Å². The summed E-state index contributed by atoms with van der Waals surface area (Å²) in [5.74, 6) is -13.4. The number of aliphatic carboxylic acids is 1. The second kappa shape index (κ2) is 33.9. The Morgan fingerprint density at radius 2 is 1.42 bits per heavy atom. The molecule has 1 saturated heterocycles. The number of rotatable bonds is 30. The molecule has 1 heterocycles. The number of carbonyl (C=O) groups is 11. The number of primary amides is 1. The molecule has 22 nitrogen and oxygen atoms in total. The van der Waals surface area contributed by atoms with Crippen molar-refractivity contribution in [1.29, 1.82) is 0 Å². The Morgan fingerprint density at radius 3 is 2.03 bits per heavy atom. The molecule has 0 saturated carbocycles. The van der Waals surface area contributed by atoms with E-state index >= 15 is 0 Å². The van der Waals surface area contributed by atoms with Crippen LogP contribution >= 0.6 is 11.8 Å². The summed E-state index contributed by atoms with van der Waals surface area (Å²) in [7, 11) is 0. The lowest BCUT2D eigenvalue weighted by molar-refractivity contribution is -0.154. The van der Waals surface area contributed by atoms with Crippen molar-refractivity contribution in [3.05, 3.63) is 35.9 Å². The molecule has 0 spiro atoms. The van der Waals surface area contributed by atoms with Crippen LogP contribution < -0.4 is 38.1 Å². The van der Waals surface area contributed by atoms with E-state index in [-0.39, 0.29) is 82.8 Å². The van der Waals surface area contributed by atoms with Crippen molar-refractivity contribution in [3.63, 3.8) is 0 Å². The highest BCUT2D eigenvalue weighted by Crippen LogP contribution is 2.24. The number of thioether (sulfide) groups is 1. The summed E-state index contributed by atoms with van der Waals surface area (Å²) in [5.41, 5.74) is 11.9. The van der Waals surface area contributed by atoms with Crippen LogP contribution in [0.2, 0.25) is 0 Å². The topological polar surface area (TPSA) is 348 Å². The van der Waals surface area contributed by atoms with Crippen LogP contribution in [0.3, 0.4) is 0 Å². The lowest BCUT2D eigenvalue weighted by atomic mass is 9.86. The van der Waals surface area contributed by atoms with Gasteiger partial charge in [0.2, 0.25) is 35.4 Å². The number of carboxylic acids is 1. The third-order valence-electron chi connectivity index (χ3n) is 12.2. The summed E-state index contributed by atoms with van der Waals surface area (Å²) in [6.07, 6.45) is -0.792. The van der Waals surface area contributed by atoms with Crippen LogP contribution in [0.4, 0.5) is 0 Å². The van der Waals surface area contributed by atoms with Crippen LogP contribution in [0.1, 0.15) is 98.5 Å². The van der Waals surface area contributed by atoms with Gasteiger partial charge in [-0.05, 0) is 42.4 Å². The van der Waals surface area contributed by atoms with Crippen LogP contribution in [-0.4, -0.2) is 152 Å². The van der Waals surface area contributed by atoms with E-state index in [1.807, 2.05) is 34.0 Å². The molecule has 1 unspecified atom stereocenters. The van der Waals surface area contributed by atoms with Crippen molar-refractivity contribution in [2.45, 2.75) is 130 Å². The van der Waals surface area contributed by atoms with Crippen molar-refractivity contribution >= 4 is 76.5 Å². The molecule has 0 aromatic heterocycles. The van der Waals surface area contributed by atoms with Gasteiger partial charge >= 0.3 is 11.9 Å². The van der Waals surface area contributed by atoms with Crippen LogP contribution in [0.25, 0.3) is 0 Å². The van der Waals surface area contributed by atoms with Crippen molar-refractivity contribution in [1.82, 2.24) is 26.6 Å². The molecule has 9 atom stereocenters. The van der Waals surface area contributed by atoms with E-state index in [1.54, 1.807) is 44.2 Å². The zero-order valence-corrected chi connectivity index (χ0v) is 44.6. The maximum atomic E-state index is 14.2. The second-order valence-electron chi connectivity index (χ2n) is 19.6. The first kappa shape index (κ1) is 64.3. The SMILES string of the molecule is CCC(C)[C@H](CC(=O)COCCOCCNC(=O)[C@@H](N)CSC)C(=O)N[C@@H](CC(N)=O)C(=O)C[C@H]1COC(=O)[C@H](CC(C)C)CC(=O)[C@H](CC(C)C)NC(=O)[C@H](Cc2ccccc2)NC(=O)[C@H](CC(=O)O)NC1=O. The number of carboxylic acid groups (broad SMARTS) is 1. The Labute approximate surface area is 437 Å². The minimum atomic E-state index is -1.85. The quantitative estimate of drug-likeness (QED) is 0.0390. The standard InChI is InChI=1S/C51H79N7O15S/c1-8-31(6)36(23-35(59)27-72-17-16-71-15-14-54-48(67)37(52)28-74-7)47(66)55-39(24-44(53)62)43(61)22-34-26-73-51(70)33(18-29(2)3)21-42(60)38(19-30(4)5)56-49(68)40(20-32-12-10-9-11-13-32)58-50(69)41(25-45(63)64)57-46(34)65/h9-13,29-31,33-34,36-41H,8,14-28,52H2,1-7H3,(H2,53,62)(H,54,67)(H,55,66)(H,56,68)(H,57,65)(H,58,69)(H,63,64)/t31?,33-,34+,36+,37+,38+,39+,40+,41+/m1/s1. The number of Topliss-reactive ketones (excluding diaryl/α,β-unsaturated/α-hetero) is 3. The second-order valence-corrected chi connectivity index (χ2v) is 20.5. The molecule has 6 amide bonds. The Kier molecular flexibility index (Phi) is 29.5. The summed E-state index contributed by atoms with van der Waals surface area (Å²) in [5, 5.41) is 22.7. The first-order chi connectivity index (χ1) is 34.9. The summed E-state index contributed by atoms with van der Waals surface area (Å²) in [4.78, 5) is 148. The smallest absolute Gasteiger partial charge is 0.309 e. The van der Waals surface area contributed by atoms with E-state index in [9.17, 15) is 57.8 Å². The van der Waals surface area contributed by atoms with Crippen LogP contribution in [0, 0.1) is 35.5 Å². The lowest BCUT2D eigenvalue weighted by Crippen LogP contribution is -2.57. The number of cyclic esters (lactones) is 1. The Balaban J connectivity index is 2.43. The minimum absolute atomic E-state index is 0.0219. The van der Waals surface area contributed by atoms with Gasteiger partial charge in [-0.15, -0.1) is 0 Å². The molecule has 74 heavy (non-hydrogen) atoms. The molecule has 0 aliphatic carbocycles. The van der Waals surface area contributed by atoms with Gasteiger partial charge in [0.15, 0.2) is 17.3 Å². The number of benzene rings is 1. The van der Waals surface area contributed by atoms with Gasteiger partial charge in [-0.25, -0.2) is 0 Å². The molecular weight excluding hydrogens is 983 g/mol. The Bertz CT molecular complexity index is 2060. The highest BCUT2D eigenvalue weighted by molar-refractivity contribution is 7.98. The maximum Gasteiger partial charge on any atom is 0.309 e. The van der Waals surface area contributed by atoms with Gasteiger partial charge < -0.3 is 57.4 Å².